The van der Waals surface area contributed by atoms with E-state index in [0.717, 1.165) is 0 Å². The van der Waals surface area contributed by atoms with Gasteiger partial charge in [-0.2, -0.15) is 0 Å². The lowest BCUT2D eigenvalue weighted by Crippen LogP contribution is -2.15. The maximum atomic E-state index is 10.7. The first-order chi connectivity index (χ1) is 7.27. The van der Waals surface area contributed by atoms with Gasteiger partial charge in [-0.15, -0.1) is 0 Å². The summed E-state index contributed by atoms with van der Waals surface area (Å²) in [6, 6.07) is 0. The minimum Gasteiger partial charge on any atom is -0.512 e. The lowest BCUT2D eigenvalue weighted by atomic mass is 10.1. The fraction of sp³-hybridized carbons (Fsp3) is 0.400. The monoisotopic (exact) mass is 228 g/mol. The summed E-state index contributed by atoms with van der Waals surface area (Å²) >= 11 is 0. The minimum absolute atomic E-state index is 0.0191. The average molecular weight is 228 g/mol. The van der Waals surface area contributed by atoms with Gasteiger partial charge < -0.3 is 21.7 Å². The third-order valence-electron chi connectivity index (χ3n) is 2.20. The summed E-state index contributed by atoms with van der Waals surface area (Å²) in [5.41, 5.74) is 9.96. The molecule has 0 aromatic rings. The molecule has 0 unspecified atom stereocenters. The van der Waals surface area contributed by atoms with Crippen LogP contribution in [0.2, 0.25) is 0 Å². The number of amides is 2. The second-order valence-electron chi connectivity index (χ2n) is 3.37. The highest BCUT2D eigenvalue weighted by atomic mass is 16.3. The molecule has 0 aromatic carbocycles. The number of nitrogens with two attached hydrogens (primary N) is 2. The first-order valence-corrected chi connectivity index (χ1v) is 4.64. The van der Waals surface area contributed by atoms with Gasteiger partial charge in [-0.05, 0) is 13.8 Å². The normalized spacial score (nSPS) is 13.9. The Hall–Kier alpha value is -1.98. The standard InChI is InChI=1S/C10H16N2O4/c1-5(9(11)15)7(13)3-4-8(14)6(2)10(12)16/h13-14H,3-4H2,1-2H3,(H2,11,15)(H2,12,16). The average Bonchev–Trinajstić information content (AvgIpc) is 2.22. The van der Waals surface area contributed by atoms with Crippen LogP contribution in [-0.2, 0) is 9.59 Å². The van der Waals surface area contributed by atoms with Crippen LogP contribution in [0.3, 0.4) is 0 Å². The van der Waals surface area contributed by atoms with Gasteiger partial charge in [0.15, 0.2) is 0 Å². The number of primary amides is 2. The summed E-state index contributed by atoms with van der Waals surface area (Å²) in [7, 11) is 0. The molecule has 0 heterocycles. The van der Waals surface area contributed by atoms with Gasteiger partial charge in [0, 0.05) is 12.8 Å². The van der Waals surface area contributed by atoms with Crippen molar-refractivity contribution >= 4 is 11.8 Å². The van der Waals surface area contributed by atoms with Gasteiger partial charge in [-0.25, -0.2) is 0 Å². The van der Waals surface area contributed by atoms with Gasteiger partial charge in [0.05, 0.1) is 11.1 Å². The fourth-order valence-electron chi connectivity index (χ4n) is 0.896. The lowest BCUT2D eigenvalue weighted by Gasteiger charge is -2.05. The Morgan fingerprint density at radius 3 is 1.31 bits per heavy atom. The Bertz CT molecular complexity index is 333. The number of aliphatic hydroxyl groups is 2. The molecule has 0 aliphatic rings. The molecule has 0 bridgehead atoms. The Balaban J connectivity index is 4.60. The van der Waals surface area contributed by atoms with Crippen LogP contribution in [0.5, 0.6) is 0 Å². The van der Waals surface area contributed by atoms with Gasteiger partial charge >= 0.3 is 0 Å². The van der Waals surface area contributed by atoms with E-state index in [-0.39, 0.29) is 35.5 Å². The SMILES string of the molecule is CC(C(N)=O)=C(O)CCC(O)=C(C)C(N)=O. The predicted molar refractivity (Wildman–Crippen MR) is 58.3 cm³/mol. The fourth-order valence-corrected chi connectivity index (χ4v) is 0.896. The van der Waals surface area contributed by atoms with Crippen molar-refractivity contribution < 1.29 is 19.8 Å². The second-order valence-corrected chi connectivity index (χ2v) is 3.37. The first-order valence-electron chi connectivity index (χ1n) is 4.64. The maximum Gasteiger partial charge on any atom is 0.247 e. The van der Waals surface area contributed by atoms with Crippen molar-refractivity contribution in [3.8, 4) is 0 Å². The lowest BCUT2D eigenvalue weighted by molar-refractivity contribution is -0.115. The van der Waals surface area contributed by atoms with Gasteiger partial charge in [-0.1, -0.05) is 0 Å². The van der Waals surface area contributed by atoms with Crippen molar-refractivity contribution in [3.63, 3.8) is 0 Å². The van der Waals surface area contributed by atoms with E-state index in [9.17, 15) is 19.8 Å². The molecular weight excluding hydrogens is 212 g/mol. The van der Waals surface area contributed by atoms with Crippen LogP contribution in [0.4, 0.5) is 0 Å². The molecule has 0 radical (unpaired) electrons. The van der Waals surface area contributed by atoms with Crippen LogP contribution in [0, 0.1) is 0 Å². The Labute approximate surface area is 93.2 Å². The third-order valence-corrected chi connectivity index (χ3v) is 2.20. The van der Waals surface area contributed by atoms with E-state index < -0.39 is 11.8 Å². The largest absolute Gasteiger partial charge is 0.512 e. The Morgan fingerprint density at radius 2 is 1.12 bits per heavy atom. The highest BCUT2D eigenvalue weighted by molar-refractivity contribution is 5.92. The van der Waals surface area contributed by atoms with Crippen LogP contribution in [-0.4, -0.2) is 22.0 Å². The van der Waals surface area contributed by atoms with E-state index in [2.05, 4.69) is 0 Å². The van der Waals surface area contributed by atoms with Gasteiger partial charge in [0.2, 0.25) is 11.8 Å². The van der Waals surface area contributed by atoms with Gasteiger partial charge in [0.1, 0.15) is 11.5 Å². The van der Waals surface area contributed by atoms with Crippen molar-refractivity contribution in [2.45, 2.75) is 26.7 Å². The van der Waals surface area contributed by atoms with Crippen LogP contribution in [0.25, 0.3) is 0 Å². The van der Waals surface area contributed by atoms with Crippen molar-refractivity contribution in [2.24, 2.45) is 11.5 Å². The summed E-state index contributed by atoms with van der Waals surface area (Å²) in [5, 5.41) is 18.8. The minimum atomic E-state index is -0.729. The zero-order chi connectivity index (χ0) is 12.9. The predicted octanol–water partition coefficient (Wildman–Crippen LogP) is 0.401. The molecule has 0 saturated carbocycles. The molecule has 0 saturated heterocycles. The van der Waals surface area contributed by atoms with Gasteiger partial charge in [0.25, 0.3) is 0 Å². The van der Waals surface area contributed by atoms with Gasteiger partial charge in [-0.3, -0.25) is 9.59 Å². The van der Waals surface area contributed by atoms with E-state index in [1.54, 1.807) is 0 Å². The molecular formula is C10H16N2O4. The zero-order valence-electron chi connectivity index (χ0n) is 9.28. The smallest absolute Gasteiger partial charge is 0.247 e. The van der Waals surface area contributed by atoms with Crippen molar-refractivity contribution in [1.29, 1.82) is 0 Å². The molecule has 0 spiro atoms. The molecule has 90 valence electrons. The highest BCUT2D eigenvalue weighted by Crippen LogP contribution is 2.13. The number of carbonyl (C=O) groups excluding carboxylic acids is 2. The number of hydrogen-bond acceptors (Lipinski definition) is 4. The van der Waals surface area contributed by atoms with Crippen molar-refractivity contribution in [3.05, 3.63) is 22.7 Å². The molecule has 0 atom stereocenters. The molecule has 0 aliphatic heterocycles. The third kappa shape index (κ3) is 4.04. The number of allylic oxidation sites excluding steroid dienone is 2. The molecule has 2 amide bonds. The summed E-state index contributed by atoms with van der Waals surface area (Å²) in [6.07, 6.45) is 0.0381. The number of hydrogen-bond donors (Lipinski definition) is 4. The van der Waals surface area contributed by atoms with E-state index in [0.29, 0.717) is 0 Å². The van der Waals surface area contributed by atoms with Crippen LogP contribution < -0.4 is 11.5 Å². The number of rotatable bonds is 5. The molecule has 0 aromatic heterocycles. The Kier molecular flexibility index (Phi) is 5.08. The first kappa shape index (κ1) is 14.0. The Morgan fingerprint density at radius 1 is 0.875 bits per heavy atom. The number of aliphatic hydroxyl groups excluding tert-OH is 2. The van der Waals surface area contributed by atoms with E-state index in [4.69, 9.17) is 11.5 Å². The summed E-state index contributed by atoms with van der Waals surface area (Å²) < 4.78 is 0. The molecule has 6 nitrogen and oxygen atoms in total. The molecule has 16 heavy (non-hydrogen) atoms. The number of carbonyl (C=O) groups is 2. The molecule has 0 fully saturated rings. The van der Waals surface area contributed by atoms with E-state index >= 15 is 0 Å². The summed E-state index contributed by atoms with van der Waals surface area (Å²) in [6.45, 7) is 2.75. The van der Waals surface area contributed by atoms with Crippen LogP contribution in [0.1, 0.15) is 26.7 Å². The van der Waals surface area contributed by atoms with Crippen LogP contribution >= 0.6 is 0 Å². The van der Waals surface area contributed by atoms with Crippen molar-refractivity contribution in [2.75, 3.05) is 0 Å². The second kappa shape index (κ2) is 5.79. The topological polar surface area (TPSA) is 127 Å². The molecule has 0 rings (SSSR count). The quantitative estimate of drug-likeness (QED) is 0.401. The maximum absolute atomic E-state index is 10.7. The molecule has 0 aliphatic carbocycles. The van der Waals surface area contributed by atoms with E-state index in [1.807, 2.05) is 0 Å². The molecule has 6 N–H and O–H groups in total. The summed E-state index contributed by atoms with van der Waals surface area (Å²) in [5.74, 6) is -1.88. The molecule has 6 heteroatoms. The highest BCUT2D eigenvalue weighted by Gasteiger charge is 2.10. The zero-order valence-corrected chi connectivity index (χ0v) is 9.28. The summed E-state index contributed by atoms with van der Waals surface area (Å²) in [4.78, 5) is 21.4. The van der Waals surface area contributed by atoms with Crippen LogP contribution in [0.15, 0.2) is 22.7 Å². The van der Waals surface area contributed by atoms with E-state index in [1.165, 1.54) is 13.8 Å². The van der Waals surface area contributed by atoms with Crippen molar-refractivity contribution in [1.82, 2.24) is 0 Å².